The van der Waals surface area contributed by atoms with Crippen LogP contribution in [0.15, 0.2) is 34.9 Å². The molecule has 0 N–H and O–H groups in total. The van der Waals surface area contributed by atoms with E-state index in [4.69, 9.17) is 14.0 Å². The largest absolute Gasteiger partial charge is 0.485 e. The molecule has 0 amide bonds. The molecule has 7 heteroatoms. The minimum absolute atomic E-state index is 0. The van der Waals surface area contributed by atoms with E-state index in [2.05, 4.69) is 17.1 Å². The highest BCUT2D eigenvalue weighted by molar-refractivity contribution is 5.85. The Kier molecular flexibility index (Phi) is 6.24. The van der Waals surface area contributed by atoms with Gasteiger partial charge in [-0.3, -0.25) is 0 Å². The number of rotatable bonds is 6. The van der Waals surface area contributed by atoms with Crippen molar-refractivity contribution in [1.82, 2.24) is 10.1 Å². The molecule has 1 atom stereocenters. The lowest BCUT2D eigenvalue weighted by atomic mass is 10.2. The van der Waals surface area contributed by atoms with Gasteiger partial charge in [-0.1, -0.05) is 6.07 Å². The number of likely N-dealkylation sites (tertiary alicyclic amines) is 1. The molecule has 0 spiro atoms. The van der Waals surface area contributed by atoms with Crippen LogP contribution in [0.2, 0.25) is 0 Å². The summed E-state index contributed by atoms with van der Waals surface area (Å²) in [5, 5.41) is 3.86. The summed E-state index contributed by atoms with van der Waals surface area (Å²) in [4.78, 5) is 2.29. The van der Waals surface area contributed by atoms with E-state index in [0.29, 0.717) is 30.0 Å². The van der Waals surface area contributed by atoms with Crippen LogP contribution in [0.5, 0.6) is 11.6 Å². The van der Waals surface area contributed by atoms with Gasteiger partial charge in [-0.15, -0.1) is 12.4 Å². The zero-order valence-corrected chi connectivity index (χ0v) is 13.7. The second kappa shape index (κ2) is 8.17. The zero-order chi connectivity index (χ0) is 15.4. The maximum absolute atomic E-state index is 13.0. The van der Waals surface area contributed by atoms with Crippen LogP contribution >= 0.6 is 12.4 Å². The second-order valence-corrected chi connectivity index (χ2v) is 5.47. The third kappa shape index (κ3) is 4.84. The molecule has 0 unspecified atom stereocenters. The SMILES string of the molecule is CN1CCC[C@H]1COc1cc(COc2cccc(F)c2)on1.Cl. The molecule has 1 aromatic carbocycles. The average molecular weight is 343 g/mol. The van der Waals surface area contributed by atoms with E-state index in [1.165, 1.54) is 18.6 Å². The van der Waals surface area contributed by atoms with Crippen LogP contribution in [0.3, 0.4) is 0 Å². The molecule has 2 heterocycles. The minimum Gasteiger partial charge on any atom is -0.485 e. The number of likely N-dealkylation sites (N-methyl/N-ethyl adjacent to an activating group) is 1. The van der Waals surface area contributed by atoms with E-state index >= 15 is 0 Å². The highest BCUT2D eigenvalue weighted by Crippen LogP contribution is 2.19. The van der Waals surface area contributed by atoms with E-state index in [-0.39, 0.29) is 24.8 Å². The monoisotopic (exact) mass is 342 g/mol. The van der Waals surface area contributed by atoms with Gasteiger partial charge in [-0.25, -0.2) is 4.39 Å². The number of hydrogen-bond donors (Lipinski definition) is 0. The molecule has 1 fully saturated rings. The van der Waals surface area contributed by atoms with Crippen LogP contribution in [0.25, 0.3) is 0 Å². The first kappa shape index (κ1) is 17.6. The van der Waals surface area contributed by atoms with Crippen molar-refractivity contribution in [2.45, 2.75) is 25.5 Å². The summed E-state index contributed by atoms with van der Waals surface area (Å²) in [7, 11) is 2.10. The topological polar surface area (TPSA) is 47.7 Å². The van der Waals surface area contributed by atoms with E-state index in [1.54, 1.807) is 18.2 Å². The molecular formula is C16H20ClFN2O3. The number of halogens is 2. The van der Waals surface area contributed by atoms with Crippen molar-refractivity contribution < 1.29 is 18.4 Å². The van der Waals surface area contributed by atoms with E-state index in [9.17, 15) is 4.39 Å². The fraction of sp³-hybridized carbons (Fsp3) is 0.438. The van der Waals surface area contributed by atoms with E-state index in [1.807, 2.05) is 0 Å². The Morgan fingerprint density at radius 3 is 2.96 bits per heavy atom. The van der Waals surface area contributed by atoms with Gasteiger partial charge >= 0.3 is 0 Å². The Balaban J connectivity index is 0.00000192. The Hall–Kier alpha value is -1.79. The van der Waals surface area contributed by atoms with Crippen molar-refractivity contribution in [2.24, 2.45) is 0 Å². The lowest BCUT2D eigenvalue weighted by molar-refractivity contribution is 0.184. The molecular weight excluding hydrogens is 323 g/mol. The van der Waals surface area contributed by atoms with Gasteiger partial charge in [0, 0.05) is 18.2 Å². The summed E-state index contributed by atoms with van der Waals surface area (Å²) >= 11 is 0. The first-order valence-electron chi connectivity index (χ1n) is 7.38. The third-order valence-corrected chi connectivity index (χ3v) is 3.81. The summed E-state index contributed by atoms with van der Waals surface area (Å²) in [5.41, 5.74) is 0. The van der Waals surface area contributed by atoms with Crippen LogP contribution in [0, 0.1) is 5.82 Å². The van der Waals surface area contributed by atoms with Gasteiger partial charge in [-0.2, -0.15) is 0 Å². The Bertz CT molecular complexity index is 623. The molecule has 126 valence electrons. The maximum Gasteiger partial charge on any atom is 0.254 e. The number of benzene rings is 1. The van der Waals surface area contributed by atoms with Gasteiger partial charge in [0.2, 0.25) is 0 Å². The lowest BCUT2D eigenvalue weighted by Gasteiger charge is -2.18. The van der Waals surface area contributed by atoms with Crippen LogP contribution in [0.1, 0.15) is 18.6 Å². The molecule has 1 aliphatic rings. The van der Waals surface area contributed by atoms with Gasteiger partial charge in [-0.05, 0) is 43.7 Å². The predicted molar refractivity (Wildman–Crippen MR) is 85.6 cm³/mol. The number of aromatic nitrogens is 1. The Morgan fingerprint density at radius 1 is 1.35 bits per heavy atom. The number of nitrogens with zero attached hydrogens (tertiary/aromatic N) is 2. The summed E-state index contributed by atoms with van der Waals surface area (Å²) in [5.74, 6) is 1.11. The minimum atomic E-state index is -0.334. The Morgan fingerprint density at radius 2 is 2.22 bits per heavy atom. The molecule has 1 aliphatic heterocycles. The molecule has 1 aromatic heterocycles. The molecule has 2 aromatic rings. The normalized spacial score (nSPS) is 17.7. The summed E-state index contributed by atoms with van der Waals surface area (Å²) in [6, 6.07) is 8.11. The van der Waals surface area contributed by atoms with Crippen molar-refractivity contribution >= 4 is 12.4 Å². The van der Waals surface area contributed by atoms with Gasteiger partial charge in [0.1, 0.15) is 24.8 Å². The standard InChI is InChI=1S/C16H19FN2O3.ClH/c1-19-7-3-5-13(19)10-21-16-9-15(22-18-16)11-20-14-6-2-4-12(17)8-14;/h2,4,6,8-9,13H,3,5,7,10-11H2,1H3;1H/t13-;/m0./s1. The van der Waals surface area contributed by atoms with Gasteiger partial charge in [0.25, 0.3) is 5.88 Å². The second-order valence-electron chi connectivity index (χ2n) is 5.47. The zero-order valence-electron chi connectivity index (χ0n) is 12.9. The summed E-state index contributed by atoms with van der Waals surface area (Å²) < 4.78 is 29.3. The molecule has 0 radical (unpaired) electrons. The van der Waals surface area contributed by atoms with Crippen molar-refractivity contribution in [1.29, 1.82) is 0 Å². The van der Waals surface area contributed by atoms with Crippen molar-refractivity contribution in [3.63, 3.8) is 0 Å². The molecule has 0 bridgehead atoms. The first-order valence-corrected chi connectivity index (χ1v) is 7.38. The Labute approximate surface area is 140 Å². The molecule has 0 aliphatic carbocycles. The number of hydrogen-bond acceptors (Lipinski definition) is 5. The smallest absolute Gasteiger partial charge is 0.254 e. The van der Waals surface area contributed by atoms with Crippen LogP contribution in [0.4, 0.5) is 4.39 Å². The summed E-state index contributed by atoms with van der Waals surface area (Å²) in [6.45, 7) is 1.90. The molecule has 3 rings (SSSR count). The van der Waals surface area contributed by atoms with Gasteiger partial charge in [0.15, 0.2) is 5.76 Å². The predicted octanol–water partition coefficient (Wildman–Crippen LogP) is 3.29. The van der Waals surface area contributed by atoms with E-state index in [0.717, 1.165) is 13.0 Å². The number of ether oxygens (including phenoxy) is 2. The van der Waals surface area contributed by atoms with Gasteiger partial charge < -0.3 is 18.9 Å². The first-order chi connectivity index (χ1) is 10.7. The maximum atomic E-state index is 13.0. The van der Waals surface area contributed by atoms with Crippen molar-refractivity contribution in [3.8, 4) is 11.6 Å². The van der Waals surface area contributed by atoms with Crippen LogP contribution < -0.4 is 9.47 Å². The molecule has 1 saturated heterocycles. The fourth-order valence-electron chi connectivity index (χ4n) is 2.51. The highest BCUT2D eigenvalue weighted by atomic mass is 35.5. The fourth-order valence-corrected chi connectivity index (χ4v) is 2.51. The quantitative estimate of drug-likeness (QED) is 0.806. The van der Waals surface area contributed by atoms with Crippen molar-refractivity contribution in [2.75, 3.05) is 20.2 Å². The van der Waals surface area contributed by atoms with Crippen LogP contribution in [-0.2, 0) is 6.61 Å². The molecule has 5 nitrogen and oxygen atoms in total. The molecule has 0 saturated carbocycles. The lowest BCUT2D eigenvalue weighted by Crippen LogP contribution is -2.30. The van der Waals surface area contributed by atoms with Crippen molar-refractivity contribution in [3.05, 3.63) is 41.9 Å². The van der Waals surface area contributed by atoms with E-state index < -0.39 is 0 Å². The highest BCUT2D eigenvalue weighted by Gasteiger charge is 2.21. The average Bonchev–Trinajstić information content (AvgIpc) is 3.12. The van der Waals surface area contributed by atoms with Crippen LogP contribution in [-0.4, -0.2) is 36.3 Å². The summed E-state index contributed by atoms with van der Waals surface area (Å²) in [6.07, 6.45) is 2.35. The van der Waals surface area contributed by atoms with Gasteiger partial charge in [0.05, 0.1) is 0 Å². The third-order valence-electron chi connectivity index (χ3n) is 3.81. The molecule has 23 heavy (non-hydrogen) atoms.